The van der Waals surface area contributed by atoms with Crippen molar-refractivity contribution in [2.75, 3.05) is 23.1 Å². The highest BCUT2D eigenvalue weighted by atomic mass is 79.9. The lowest BCUT2D eigenvalue weighted by Crippen LogP contribution is -2.32. The predicted octanol–water partition coefficient (Wildman–Crippen LogP) is 6.14. The van der Waals surface area contributed by atoms with Gasteiger partial charge in [0.25, 0.3) is 11.8 Å². The van der Waals surface area contributed by atoms with E-state index in [0.29, 0.717) is 39.8 Å². The lowest BCUT2D eigenvalue weighted by Gasteiger charge is -2.30. The van der Waals surface area contributed by atoms with E-state index in [9.17, 15) is 9.59 Å². The lowest BCUT2D eigenvalue weighted by atomic mass is 9.94. The molecule has 9 heteroatoms. The van der Waals surface area contributed by atoms with Crippen molar-refractivity contribution in [1.29, 1.82) is 0 Å². The quantitative estimate of drug-likeness (QED) is 0.258. The Hall–Kier alpha value is -4.37. The molecular weight excluding hydrogens is 546 g/mol. The summed E-state index contributed by atoms with van der Waals surface area (Å²) in [5, 5.41) is 13.7. The van der Waals surface area contributed by atoms with Crippen LogP contribution >= 0.6 is 15.9 Å². The summed E-state index contributed by atoms with van der Waals surface area (Å²) in [5.74, 6) is 0.639. The van der Waals surface area contributed by atoms with Crippen LogP contribution < -0.4 is 20.7 Å². The Kier molecular flexibility index (Phi) is 7.02. The van der Waals surface area contributed by atoms with Crippen LogP contribution in [0.3, 0.4) is 0 Å². The number of fused-ring (bicyclic) bond motifs is 1. The largest absolute Gasteiger partial charge is 0.497 e. The van der Waals surface area contributed by atoms with E-state index in [0.717, 1.165) is 15.6 Å². The van der Waals surface area contributed by atoms with Gasteiger partial charge in [0.1, 0.15) is 23.2 Å². The van der Waals surface area contributed by atoms with Crippen LogP contribution in [0.15, 0.2) is 94.7 Å². The fourth-order valence-corrected chi connectivity index (χ4v) is 4.64. The highest BCUT2D eigenvalue weighted by molar-refractivity contribution is 9.10. The first-order valence-electron chi connectivity index (χ1n) is 12.0. The molecule has 0 radical (unpaired) electrons. The minimum absolute atomic E-state index is 0.278. The van der Waals surface area contributed by atoms with Gasteiger partial charge in [0.05, 0.1) is 18.9 Å². The van der Waals surface area contributed by atoms with Gasteiger partial charge in [-0.25, -0.2) is 4.68 Å². The molecule has 1 aromatic heterocycles. The van der Waals surface area contributed by atoms with Gasteiger partial charge in [-0.15, -0.1) is 0 Å². The average Bonchev–Trinajstić information content (AvgIpc) is 3.33. The molecule has 0 fully saturated rings. The van der Waals surface area contributed by atoms with Gasteiger partial charge in [0, 0.05) is 21.5 Å². The lowest BCUT2D eigenvalue weighted by molar-refractivity contribution is -0.113. The SMILES string of the molecule is COc1ccc(NC(=O)C2=C(C)Nc3c(C(=O)Nc4ccc(C)cc4)cnn3[C@H]2c2ccc(Br)cc2)cc1. The summed E-state index contributed by atoms with van der Waals surface area (Å²) in [7, 11) is 1.59. The van der Waals surface area contributed by atoms with Crippen molar-refractivity contribution in [3.8, 4) is 5.75 Å². The van der Waals surface area contributed by atoms with Crippen molar-refractivity contribution in [1.82, 2.24) is 9.78 Å². The van der Waals surface area contributed by atoms with Crippen LogP contribution in [-0.2, 0) is 4.79 Å². The molecular formula is C29H26BrN5O3. The van der Waals surface area contributed by atoms with Crippen LogP contribution in [0.5, 0.6) is 5.75 Å². The van der Waals surface area contributed by atoms with Crippen molar-refractivity contribution in [2.45, 2.75) is 19.9 Å². The Morgan fingerprint density at radius 3 is 2.13 bits per heavy atom. The maximum atomic E-state index is 13.6. The highest BCUT2D eigenvalue weighted by Crippen LogP contribution is 2.38. The number of methoxy groups -OCH3 is 1. The molecule has 2 heterocycles. The second-order valence-corrected chi connectivity index (χ2v) is 9.89. The number of anilines is 3. The van der Waals surface area contributed by atoms with Gasteiger partial charge in [-0.1, -0.05) is 45.8 Å². The molecule has 38 heavy (non-hydrogen) atoms. The first-order valence-corrected chi connectivity index (χ1v) is 12.8. The van der Waals surface area contributed by atoms with Crippen LogP contribution in [-0.4, -0.2) is 28.7 Å². The zero-order valence-electron chi connectivity index (χ0n) is 21.1. The normalized spacial score (nSPS) is 14.4. The third-order valence-electron chi connectivity index (χ3n) is 6.36. The molecule has 0 saturated carbocycles. The fraction of sp³-hybridized carbons (Fsp3) is 0.138. The summed E-state index contributed by atoms with van der Waals surface area (Å²) in [6.07, 6.45) is 1.52. The number of hydrogen-bond acceptors (Lipinski definition) is 5. The number of aromatic nitrogens is 2. The second-order valence-electron chi connectivity index (χ2n) is 8.97. The molecule has 192 valence electrons. The fourth-order valence-electron chi connectivity index (χ4n) is 4.38. The summed E-state index contributed by atoms with van der Waals surface area (Å²) in [5.41, 5.74) is 4.77. The third-order valence-corrected chi connectivity index (χ3v) is 6.88. The molecule has 1 atom stereocenters. The Morgan fingerprint density at radius 1 is 0.895 bits per heavy atom. The number of nitrogens with zero attached hydrogens (tertiary/aromatic N) is 2. The van der Waals surface area contributed by atoms with E-state index in [1.165, 1.54) is 6.20 Å². The topological polar surface area (TPSA) is 97.3 Å². The van der Waals surface area contributed by atoms with E-state index >= 15 is 0 Å². The van der Waals surface area contributed by atoms with E-state index in [1.807, 2.05) is 62.4 Å². The van der Waals surface area contributed by atoms with Gasteiger partial charge in [-0.2, -0.15) is 5.10 Å². The Morgan fingerprint density at radius 2 is 1.50 bits per heavy atom. The number of nitrogens with one attached hydrogen (secondary N) is 3. The monoisotopic (exact) mass is 571 g/mol. The minimum Gasteiger partial charge on any atom is -0.497 e. The zero-order chi connectivity index (χ0) is 26.8. The molecule has 3 N–H and O–H groups in total. The first kappa shape index (κ1) is 25.3. The van der Waals surface area contributed by atoms with Crippen LogP contribution in [0.1, 0.15) is 34.5 Å². The highest BCUT2D eigenvalue weighted by Gasteiger charge is 2.35. The Balaban J connectivity index is 1.51. The van der Waals surface area contributed by atoms with E-state index in [1.54, 1.807) is 36.1 Å². The standard InChI is InChI=1S/C29H26BrN5O3/c1-17-4-10-21(11-5-17)33-28(36)24-16-31-35-26(19-6-8-20(30)9-7-19)25(18(2)32-27(24)35)29(37)34-22-12-14-23(38-3)15-13-22/h4-16,26,32H,1-3H3,(H,33,36)(H,34,37)/t26-/m0/s1. The molecule has 8 nitrogen and oxygen atoms in total. The van der Waals surface area contributed by atoms with Gasteiger partial charge in [0.2, 0.25) is 0 Å². The molecule has 0 unspecified atom stereocenters. The van der Waals surface area contributed by atoms with Crippen LogP contribution in [0.25, 0.3) is 0 Å². The van der Waals surface area contributed by atoms with Crippen LogP contribution in [0.4, 0.5) is 17.2 Å². The van der Waals surface area contributed by atoms with E-state index in [2.05, 4.69) is 37.0 Å². The number of amides is 2. The number of hydrogen-bond donors (Lipinski definition) is 3. The number of halogens is 1. The second kappa shape index (κ2) is 10.5. The maximum Gasteiger partial charge on any atom is 0.261 e. The van der Waals surface area contributed by atoms with Crippen molar-refractivity contribution in [3.05, 3.63) is 111 Å². The van der Waals surface area contributed by atoms with Crippen molar-refractivity contribution in [2.24, 2.45) is 0 Å². The summed E-state index contributed by atoms with van der Waals surface area (Å²) < 4.78 is 7.81. The smallest absolute Gasteiger partial charge is 0.261 e. The number of aryl methyl sites for hydroxylation is 1. The van der Waals surface area contributed by atoms with Crippen LogP contribution in [0.2, 0.25) is 0 Å². The predicted molar refractivity (Wildman–Crippen MR) is 152 cm³/mol. The van der Waals surface area contributed by atoms with Gasteiger partial charge in [-0.3, -0.25) is 9.59 Å². The zero-order valence-corrected chi connectivity index (χ0v) is 22.7. The third kappa shape index (κ3) is 5.05. The number of ether oxygens (including phenoxy) is 1. The molecule has 1 aliphatic heterocycles. The summed E-state index contributed by atoms with van der Waals surface area (Å²) in [6, 6.07) is 21.9. The van der Waals surface area contributed by atoms with Gasteiger partial charge in [-0.05, 0) is 67.9 Å². The van der Waals surface area contributed by atoms with Crippen LogP contribution in [0, 0.1) is 6.92 Å². The molecule has 3 aromatic carbocycles. The molecule has 0 aliphatic carbocycles. The van der Waals surface area contributed by atoms with Crippen molar-refractivity contribution >= 4 is 44.9 Å². The number of carbonyl (C=O) groups excluding carboxylic acids is 2. The Bertz CT molecular complexity index is 1520. The van der Waals surface area contributed by atoms with Crippen molar-refractivity contribution in [3.63, 3.8) is 0 Å². The molecule has 4 aromatic rings. The molecule has 5 rings (SSSR count). The van der Waals surface area contributed by atoms with Gasteiger partial charge >= 0.3 is 0 Å². The summed E-state index contributed by atoms with van der Waals surface area (Å²) in [6.45, 7) is 3.82. The molecule has 0 saturated heterocycles. The van der Waals surface area contributed by atoms with E-state index < -0.39 is 6.04 Å². The van der Waals surface area contributed by atoms with Gasteiger partial charge < -0.3 is 20.7 Å². The summed E-state index contributed by atoms with van der Waals surface area (Å²) in [4.78, 5) is 26.9. The molecule has 0 spiro atoms. The van der Waals surface area contributed by atoms with Gasteiger partial charge in [0.15, 0.2) is 0 Å². The number of carbonyl (C=O) groups is 2. The molecule has 2 amide bonds. The van der Waals surface area contributed by atoms with Crippen molar-refractivity contribution < 1.29 is 14.3 Å². The average molecular weight is 572 g/mol. The minimum atomic E-state index is -0.557. The molecule has 1 aliphatic rings. The number of rotatable bonds is 6. The van der Waals surface area contributed by atoms with E-state index in [4.69, 9.17) is 4.74 Å². The first-order chi connectivity index (χ1) is 18.3. The van der Waals surface area contributed by atoms with E-state index in [-0.39, 0.29) is 11.8 Å². The maximum absolute atomic E-state index is 13.6. The number of benzene rings is 3. The Labute approximate surface area is 228 Å². The molecule has 0 bridgehead atoms. The number of allylic oxidation sites excluding steroid dienone is 1. The summed E-state index contributed by atoms with van der Waals surface area (Å²) >= 11 is 3.48.